The third-order valence-electron chi connectivity index (χ3n) is 2.65. The van der Waals surface area contributed by atoms with E-state index in [0.717, 1.165) is 13.1 Å². The molecule has 0 radical (unpaired) electrons. The number of piperidine rings is 1. The minimum atomic E-state index is -0.869. The Balaban J connectivity index is 2.44. The Bertz CT molecular complexity index is 198. The molecule has 0 bridgehead atoms. The van der Waals surface area contributed by atoms with Gasteiger partial charge >= 0.3 is 5.97 Å². The van der Waals surface area contributed by atoms with Gasteiger partial charge < -0.3 is 15.4 Å². The Morgan fingerprint density at radius 3 is 2.50 bits per heavy atom. The number of esters is 1. The Morgan fingerprint density at radius 1 is 1.43 bits per heavy atom. The van der Waals surface area contributed by atoms with Gasteiger partial charge in [0.05, 0.1) is 7.11 Å². The zero-order valence-electron chi connectivity index (χ0n) is 9.08. The summed E-state index contributed by atoms with van der Waals surface area (Å²) in [5.41, 5.74) is 5.02. The Morgan fingerprint density at radius 2 is 2.00 bits per heavy atom. The second-order valence-corrected chi connectivity index (χ2v) is 4.25. The molecule has 1 rings (SSSR count). The lowest BCUT2D eigenvalue weighted by molar-refractivity contribution is -0.147. The molecule has 1 atom stereocenters. The number of carbonyl (C=O) groups is 1. The number of ether oxygens (including phenoxy) is 1. The molecule has 2 N–H and O–H groups in total. The molecule has 0 saturated carbocycles. The zero-order chi connectivity index (χ0) is 10.6. The molecule has 1 saturated heterocycles. The van der Waals surface area contributed by atoms with Crippen LogP contribution in [0.15, 0.2) is 0 Å². The van der Waals surface area contributed by atoms with Crippen LogP contribution in [-0.4, -0.2) is 43.2 Å². The van der Waals surface area contributed by atoms with Crippen molar-refractivity contribution in [2.45, 2.75) is 31.7 Å². The molecule has 0 aliphatic carbocycles. The van der Waals surface area contributed by atoms with Crippen LogP contribution in [0.2, 0.25) is 0 Å². The highest BCUT2D eigenvalue weighted by Gasteiger charge is 2.32. The van der Waals surface area contributed by atoms with E-state index in [1.54, 1.807) is 6.92 Å². The molecular formula is C10H20N2O2. The summed E-state index contributed by atoms with van der Waals surface area (Å²) in [6, 6.07) is 0. The SMILES string of the molecule is COC(=O)C(C)(N)CN1CCCCC1. The molecule has 4 nitrogen and oxygen atoms in total. The third kappa shape index (κ3) is 2.96. The average Bonchev–Trinajstić information content (AvgIpc) is 2.17. The smallest absolute Gasteiger partial charge is 0.326 e. The highest BCUT2D eigenvalue weighted by atomic mass is 16.5. The largest absolute Gasteiger partial charge is 0.468 e. The van der Waals surface area contributed by atoms with Crippen molar-refractivity contribution < 1.29 is 9.53 Å². The topological polar surface area (TPSA) is 55.6 Å². The van der Waals surface area contributed by atoms with Gasteiger partial charge in [0.25, 0.3) is 0 Å². The van der Waals surface area contributed by atoms with Gasteiger partial charge in [0.1, 0.15) is 5.54 Å². The number of hydrogen-bond acceptors (Lipinski definition) is 4. The molecule has 0 spiro atoms. The Hall–Kier alpha value is -0.610. The summed E-state index contributed by atoms with van der Waals surface area (Å²) in [4.78, 5) is 13.6. The van der Waals surface area contributed by atoms with Crippen LogP contribution in [0, 0.1) is 0 Å². The van der Waals surface area contributed by atoms with Crippen LogP contribution in [0.1, 0.15) is 26.2 Å². The zero-order valence-corrected chi connectivity index (χ0v) is 9.08. The molecule has 1 fully saturated rings. The first kappa shape index (κ1) is 11.5. The summed E-state index contributed by atoms with van der Waals surface area (Å²) in [6.45, 7) is 4.42. The summed E-state index contributed by atoms with van der Waals surface area (Å²) in [5, 5.41) is 0. The summed E-state index contributed by atoms with van der Waals surface area (Å²) >= 11 is 0. The lowest BCUT2D eigenvalue weighted by Gasteiger charge is -2.32. The van der Waals surface area contributed by atoms with Crippen molar-refractivity contribution in [3.8, 4) is 0 Å². The number of likely N-dealkylation sites (tertiary alicyclic amines) is 1. The highest BCUT2D eigenvalue weighted by molar-refractivity contribution is 5.80. The maximum Gasteiger partial charge on any atom is 0.326 e. The van der Waals surface area contributed by atoms with Gasteiger partial charge in [-0.15, -0.1) is 0 Å². The number of nitrogens with zero attached hydrogens (tertiary/aromatic N) is 1. The van der Waals surface area contributed by atoms with E-state index in [0.29, 0.717) is 6.54 Å². The van der Waals surface area contributed by atoms with Crippen LogP contribution in [0.25, 0.3) is 0 Å². The van der Waals surface area contributed by atoms with E-state index < -0.39 is 5.54 Å². The van der Waals surface area contributed by atoms with Gasteiger partial charge in [-0.1, -0.05) is 6.42 Å². The van der Waals surface area contributed by atoms with E-state index in [1.165, 1.54) is 26.4 Å². The van der Waals surface area contributed by atoms with Crippen molar-refractivity contribution in [3.63, 3.8) is 0 Å². The first-order chi connectivity index (χ1) is 6.56. The summed E-state index contributed by atoms with van der Waals surface area (Å²) in [5.74, 6) is -0.330. The molecule has 1 aliphatic heterocycles. The fraction of sp³-hybridized carbons (Fsp3) is 0.900. The Labute approximate surface area is 85.4 Å². The fourth-order valence-electron chi connectivity index (χ4n) is 1.88. The minimum Gasteiger partial charge on any atom is -0.468 e. The monoisotopic (exact) mass is 200 g/mol. The predicted molar refractivity (Wildman–Crippen MR) is 54.9 cm³/mol. The maximum atomic E-state index is 11.3. The van der Waals surface area contributed by atoms with E-state index in [2.05, 4.69) is 9.64 Å². The van der Waals surface area contributed by atoms with Crippen molar-refractivity contribution in [1.29, 1.82) is 0 Å². The summed E-state index contributed by atoms with van der Waals surface area (Å²) in [7, 11) is 1.38. The standard InChI is InChI=1S/C10H20N2O2/c1-10(11,9(13)14-2)8-12-6-4-3-5-7-12/h3-8,11H2,1-2H3. The number of nitrogens with two attached hydrogens (primary N) is 1. The van der Waals surface area contributed by atoms with E-state index in [1.807, 2.05) is 0 Å². The van der Waals surface area contributed by atoms with Gasteiger partial charge in [-0.25, -0.2) is 0 Å². The second kappa shape index (κ2) is 4.75. The number of rotatable bonds is 3. The van der Waals surface area contributed by atoms with E-state index in [9.17, 15) is 4.79 Å². The maximum absolute atomic E-state index is 11.3. The van der Waals surface area contributed by atoms with Gasteiger partial charge in [-0.05, 0) is 32.9 Å². The normalized spacial score (nSPS) is 22.8. The van der Waals surface area contributed by atoms with Crippen LogP contribution in [0.5, 0.6) is 0 Å². The quantitative estimate of drug-likeness (QED) is 0.668. The van der Waals surface area contributed by atoms with Gasteiger partial charge in [-0.2, -0.15) is 0 Å². The van der Waals surface area contributed by atoms with Crippen molar-refractivity contribution in [2.75, 3.05) is 26.7 Å². The van der Waals surface area contributed by atoms with Gasteiger partial charge in [0, 0.05) is 6.54 Å². The number of hydrogen-bond donors (Lipinski definition) is 1. The van der Waals surface area contributed by atoms with Crippen LogP contribution in [0.3, 0.4) is 0 Å². The van der Waals surface area contributed by atoms with Crippen LogP contribution in [-0.2, 0) is 9.53 Å². The van der Waals surface area contributed by atoms with Crippen molar-refractivity contribution >= 4 is 5.97 Å². The molecule has 1 aliphatic rings. The molecule has 82 valence electrons. The van der Waals surface area contributed by atoms with Gasteiger partial charge in [-0.3, -0.25) is 4.79 Å². The lowest BCUT2D eigenvalue weighted by atomic mass is 10.0. The molecule has 1 unspecified atom stereocenters. The van der Waals surface area contributed by atoms with Crippen molar-refractivity contribution in [2.24, 2.45) is 5.73 Å². The summed E-state index contributed by atoms with van der Waals surface area (Å²) in [6.07, 6.45) is 3.70. The predicted octanol–water partition coefficient (Wildman–Crippen LogP) is 0.363. The average molecular weight is 200 g/mol. The first-order valence-corrected chi connectivity index (χ1v) is 5.16. The van der Waals surface area contributed by atoms with E-state index in [-0.39, 0.29) is 5.97 Å². The lowest BCUT2D eigenvalue weighted by Crippen LogP contribution is -2.55. The molecule has 14 heavy (non-hydrogen) atoms. The van der Waals surface area contributed by atoms with Crippen molar-refractivity contribution in [1.82, 2.24) is 4.90 Å². The number of methoxy groups -OCH3 is 1. The molecule has 4 heteroatoms. The molecule has 0 aromatic carbocycles. The minimum absolute atomic E-state index is 0.330. The van der Waals surface area contributed by atoms with Crippen molar-refractivity contribution in [3.05, 3.63) is 0 Å². The first-order valence-electron chi connectivity index (χ1n) is 5.16. The van der Waals surface area contributed by atoms with Gasteiger partial charge in [0.15, 0.2) is 0 Å². The molecule has 0 aromatic heterocycles. The van der Waals surface area contributed by atoms with Crippen LogP contribution >= 0.6 is 0 Å². The molecular weight excluding hydrogens is 180 g/mol. The second-order valence-electron chi connectivity index (χ2n) is 4.25. The van der Waals surface area contributed by atoms with Crippen LogP contribution < -0.4 is 5.73 Å². The highest BCUT2D eigenvalue weighted by Crippen LogP contribution is 2.12. The molecule has 0 aromatic rings. The molecule has 1 heterocycles. The Kier molecular flexibility index (Phi) is 3.89. The van der Waals surface area contributed by atoms with E-state index in [4.69, 9.17) is 5.73 Å². The number of carbonyl (C=O) groups excluding carboxylic acids is 1. The fourth-order valence-corrected chi connectivity index (χ4v) is 1.88. The van der Waals surface area contributed by atoms with Gasteiger partial charge in [0.2, 0.25) is 0 Å². The van der Waals surface area contributed by atoms with E-state index >= 15 is 0 Å². The summed E-state index contributed by atoms with van der Waals surface area (Å²) < 4.78 is 4.67. The molecule has 0 amide bonds. The third-order valence-corrected chi connectivity index (χ3v) is 2.65. The van der Waals surface area contributed by atoms with Crippen LogP contribution in [0.4, 0.5) is 0 Å².